The molecule has 2 rings (SSSR count). The molecule has 3 atom stereocenters. The Hall–Kier alpha value is -0.940. The molecule has 2 heterocycles. The van der Waals surface area contributed by atoms with Crippen LogP contribution in [0.3, 0.4) is 0 Å². The molecule has 0 bridgehead atoms. The summed E-state index contributed by atoms with van der Waals surface area (Å²) in [5.41, 5.74) is 1.05. The van der Waals surface area contributed by atoms with Crippen LogP contribution < -0.4 is 5.32 Å². The largest absolute Gasteiger partial charge is 0.338 e. The van der Waals surface area contributed by atoms with Crippen molar-refractivity contribution in [1.82, 2.24) is 15.2 Å². The number of aryl methyl sites for hydroxylation is 2. The van der Waals surface area contributed by atoms with Crippen LogP contribution in [0.4, 0.5) is 0 Å². The van der Waals surface area contributed by atoms with Crippen LogP contribution in [0.1, 0.15) is 48.3 Å². The molecule has 1 aliphatic rings. The Morgan fingerprint density at radius 1 is 1.50 bits per heavy atom. The van der Waals surface area contributed by atoms with E-state index in [9.17, 15) is 4.79 Å². The number of carbonyl (C=O) groups excluding carboxylic acids is 1. The van der Waals surface area contributed by atoms with Gasteiger partial charge in [0.1, 0.15) is 0 Å². The summed E-state index contributed by atoms with van der Waals surface area (Å²) in [6.45, 7) is 9.24. The summed E-state index contributed by atoms with van der Waals surface area (Å²) in [5, 5.41) is 4.47. The van der Waals surface area contributed by atoms with Gasteiger partial charge in [0.2, 0.25) is 5.91 Å². The maximum absolute atomic E-state index is 12.7. The van der Waals surface area contributed by atoms with Crippen LogP contribution in [0.5, 0.6) is 0 Å². The number of hydrogen-bond donors (Lipinski definition) is 1. The van der Waals surface area contributed by atoms with E-state index in [-0.39, 0.29) is 17.9 Å². The molecule has 1 aromatic heterocycles. The van der Waals surface area contributed by atoms with E-state index in [4.69, 9.17) is 0 Å². The second-order valence-corrected chi connectivity index (χ2v) is 7.12. The van der Waals surface area contributed by atoms with Crippen LogP contribution in [-0.4, -0.2) is 35.4 Å². The molecule has 4 nitrogen and oxygen atoms in total. The average Bonchev–Trinajstić information content (AvgIpc) is 2.75. The Balaban J connectivity index is 2.08. The maximum Gasteiger partial charge on any atom is 0.226 e. The van der Waals surface area contributed by atoms with Crippen LogP contribution >= 0.6 is 11.3 Å². The lowest BCUT2D eigenvalue weighted by Gasteiger charge is -2.33. The highest BCUT2D eigenvalue weighted by molar-refractivity contribution is 7.11. The molecule has 1 unspecified atom stereocenters. The second kappa shape index (κ2) is 6.22. The highest BCUT2D eigenvalue weighted by atomic mass is 32.1. The van der Waals surface area contributed by atoms with Crippen molar-refractivity contribution in [3.05, 3.63) is 15.6 Å². The molecule has 0 saturated carbocycles. The van der Waals surface area contributed by atoms with Crippen LogP contribution in [0, 0.1) is 19.8 Å². The first-order chi connectivity index (χ1) is 9.40. The predicted molar refractivity (Wildman–Crippen MR) is 83.0 cm³/mol. The average molecular weight is 295 g/mol. The van der Waals surface area contributed by atoms with Gasteiger partial charge in [0.05, 0.1) is 16.7 Å². The monoisotopic (exact) mass is 295 g/mol. The van der Waals surface area contributed by atoms with Gasteiger partial charge in [0, 0.05) is 23.9 Å². The fraction of sp³-hybridized carbons (Fsp3) is 0.733. The van der Waals surface area contributed by atoms with E-state index >= 15 is 0 Å². The van der Waals surface area contributed by atoms with Crippen molar-refractivity contribution in [2.45, 2.75) is 52.6 Å². The van der Waals surface area contributed by atoms with E-state index in [0.717, 1.165) is 30.1 Å². The van der Waals surface area contributed by atoms with Gasteiger partial charge in [-0.1, -0.05) is 0 Å². The van der Waals surface area contributed by atoms with Gasteiger partial charge >= 0.3 is 0 Å². The summed E-state index contributed by atoms with van der Waals surface area (Å²) in [7, 11) is 1.92. The Morgan fingerprint density at radius 2 is 2.20 bits per heavy atom. The summed E-state index contributed by atoms with van der Waals surface area (Å²) in [4.78, 5) is 20.2. The highest BCUT2D eigenvalue weighted by Crippen LogP contribution is 2.30. The molecule has 0 aliphatic carbocycles. The van der Waals surface area contributed by atoms with Gasteiger partial charge in [-0.2, -0.15) is 0 Å². The molecule has 1 aliphatic heterocycles. The van der Waals surface area contributed by atoms with Crippen LogP contribution in [0.15, 0.2) is 0 Å². The van der Waals surface area contributed by atoms with Gasteiger partial charge in [-0.3, -0.25) is 4.79 Å². The molecule has 1 saturated heterocycles. The Morgan fingerprint density at radius 3 is 2.75 bits per heavy atom. The summed E-state index contributed by atoms with van der Waals surface area (Å²) in [5.74, 6) is 0.435. The molecular formula is C15H25N3OS. The first kappa shape index (κ1) is 15.4. The number of nitrogens with one attached hydrogen (secondary N) is 1. The first-order valence-corrected chi connectivity index (χ1v) is 8.15. The number of piperidine rings is 1. The maximum atomic E-state index is 12.7. The molecule has 20 heavy (non-hydrogen) atoms. The number of amides is 1. The number of aromatic nitrogens is 1. The van der Waals surface area contributed by atoms with Crippen molar-refractivity contribution in [3.63, 3.8) is 0 Å². The second-order valence-electron chi connectivity index (χ2n) is 5.88. The quantitative estimate of drug-likeness (QED) is 0.932. The van der Waals surface area contributed by atoms with Crippen molar-refractivity contribution >= 4 is 17.2 Å². The zero-order valence-corrected chi connectivity index (χ0v) is 13.9. The molecular weight excluding hydrogens is 270 g/mol. The number of thiazole rings is 1. The van der Waals surface area contributed by atoms with Gasteiger partial charge in [-0.15, -0.1) is 11.3 Å². The van der Waals surface area contributed by atoms with E-state index in [1.54, 1.807) is 11.3 Å². The van der Waals surface area contributed by atoms with E-state index in [0.29, 0.717) is 6.04 Å². The third-order valence-corrected chi connectivity index (χ3v) is 5.46. The number of hydrogen-bond acceptors (Lipinski definition) is 4. The van der Waals surface area contributed by atoms with Crippen molar-refractivity contribution < 1.29 is 4.79 Å². The molecule has 0 radical (unpaired) electrons. The molecule has 5 heteroatoms. The third-order valence-electron chi connectivity index (χ3n) is 4.22. The van der Waals surface area contributed by atoms with Crippen LogP contribution in [-0.2, 0) is 4.79 Å². The molecule has 1 amide bonds. The lowest BCUT2D eigenvalue weighted by Crippen LogP contribution is -2.43. The van der Waals surface area contributed by atoms with Crippen molar-refractivity contribution in [3.8, 4) is 0 Å². The number of rotatable bonds is 3. The summed E-state index contributed by atoms with van der Waals surface area (Å²) < 4.78 is 0. The minimum absolute atomic E-state index is 0.110. The minimum atomic E-state index is 0.110. The SMILES string of the molecule is Cc1nc(C)c(C(C)N(C)C(=O)[C@H]2CCN[C@@H](C)C2)s1. The first-order valence-electron chi connectivity index (χ1n) is 7.34. The van der Waals surface area contributed by atoms with Crippen molar-refractivity contribution in [2.75, 3.05) is 13.6 Å². The molecule has 0 spiro atoms. The molecule has 0 aromatic carbocycles. The third kappa shape index (κ3) is 3.20. The van der Waals surface area contributed by atoms with Crippen LogP contribution in [0.2, 0.25) is 0 Å². The summed E-state index contributed by atoms with van der Waals surface area (Å²) >= 11 is 1.70. The lowest BCUT2D eigenvalue weighted by atomic mass is 9.91. The fourth-order valence-electron chi connectivity index (χ4n) is 2.95. The molecule has 1 N–H and O–H groups in total. The lowest BCUT2D eigenvalue weighted by molar-refractivity contribution is -0.137. The minimum Gasteiger partial charge on any atom is -0.338 e. The molecule has 1 fully saturated rings. The normalized spacial score (nSPS) is 24.4. The van der Waals surface area contributed by atoms with Gasteiger partial charge in [-0.05, 0) is 47.1 Å². The zero-order chi connectivity index (χ0) is 14.9. The van der Waals surface area contributed by atoms with E-state index in [1.165, 1.54) is 4.88 Å². The van der Waals surface area contributed by atoms with E-state index < -0.39 is 0 Å². The highest BCUT2D eigenvalue weighted by Gasteiger charge is 2.30. The van der Waals surface area contributed by atoms with Gasteiger partial charge in [0.15, 0.2) is 0 Å². The topological polar surface area (TPSA) is 45.2 Å². The van der Waals surface area contributed by atoms with Gasteiger partial charge < -0.3 is 10.2 Å². The summed E-state index contributed by atoms with van der Waals surface area (Å²) in [6, 6.07) is 0.549. The Bertz CT molecular complexity index is 485. The molecule has 112 valence electrons. The molecule has 1 aromatic rings. The van der Waals surface area contributed by atoms with E-state index in [1.807, 2.05) is 25.8 Å². The number of nitrogens with zero attached hydrogens (tertiary/aromatic N) is 2. The fourth-order valence-corrected chi connectivity index (χ4v) is 3.97. The predicted octanol–water partition coefficient (Wildman–Crippen LogP) is 2.67. The Labute approximate surface area is 125 Å². The van der Waals surface area contributed by atoms with Gasteiger partial charge in [-0.25, -0.2) is 4.98 Å². The van der Waals surface area contributed by atoms with Crippen molar-refractivity contribution in [1.29, 1.82) is 0 Å². The van der Waals surface area contributed by atoms with Gasteiger partial charge in [0.25, 0.3) is 0 Å². The smallest absolute Gasteiger partial charge is 0.226 e. The van der Waals surface area contributed by atoms with Crippen LogP contribution in [0.25, 0.3) is 0 Å². The summed E-state index contributed by atoms with van der Waals surface area (Å²) in [6.07, 6.45) is 1.89. The Kier molecular flexibility index (Phi) is 4.81. The standard InChI is InChI=1S/C15H25N3OS/c1-9-8-13(6-7-16-9)15(19)18(5)11(3)14-10(2)17-12(4)20-14/h9,11,13,16H,6-8H2,1-5H3/t9-,11?,13-/m0/s1. The zero-order valence-electron chi connectivity index (χ0n) is 13.1. The number of carbonyl (C=O) groups is 1. The van der Waals surface area contributed by atoms with E-state index in [2.05, 4.69) is 24.1 Å². The van der Waals surface area contributed by atoms with Crippen molar-refractivity contribution in [2.24, 2.45) is 5.92 Å².